The van der Waals surface area contributed by atoms with Gasteiger partial charge in [-0.1, -0.05) is 25.5 Å². The smallest absolute Gasteiger partial charge is 0.224 e. The molecule has 110 valence electrons. The Morgan fingerprint density at radius 3 is 2.80 bits per heavy atom. The molecule has 0 aliphatic heterocycles. The lowest BCUT2D eigenvalue weighted by Crippen LogP contribution is -2.30. The lowest BCUT2D eigenvalue weighted by molar-refractivity contribution is -0.123. The molecule has 0 aromatic carbocycles. The fourth-order valence-electron chi connectivity index (χ4n) is 2.74. The van der Waals surface area contributed by atoms with E-state index < -0.39 is 6.10 Å². The van der Waals surface area contributed by atoms with E-state index in [-0.39, 0.29) is 23.8 Å². The van der Waals surface area contributed by atoms with E-state index in [0.29, 0.717) is 5.92 Å². The zero-order valence-electron chi connectivity index (χ0n) is 12.5. The van der Waals surface area contributed by atoms with Crippen LogP contribution in [0.1, 0.15) is 39.4 Å². The van der Waals surface area contributed by atoms with Gasteiger partial charge in [-0.25, -0.2) is 0 Å². The molecule has 1 amide bonds. The number of nitrogens with one attached hydrogen (secondary N) is 1. The normalized spacial score (nSPS) is 24.9. The van der Waals surface area contributed by atoms with E-state index in [0.717, 1.165) is 5.56 Å². The van der Waals surface area contributed by atoms with E-state index in [4.69, 9.17) is 0 Å². The molecule has 4 heteroatoms. The highest BCUT2D eigenvalue weighted by Crippen LogP contribution is 2.59. The van der Waals surface area contributed by atoms with Gasteiger partial charge in [0.05, 0.1) is 12.0 Å². The molecule has 1 aliphatic carbocycles. The third-order valence-electron chi connectivity index (χ3n) is 4.10. The molecule has 0 bridgehead atoms. The first-order chi connectivity index (χ1) is 9.34. The highest BCUT2D eigenvalue weighted by molar-refractivity contribution is 7.07. The number of rotatable bonds is 5. The molecule has 3 atom stereocenters. The van der Waals surface area contributed by atoms with E-state index in [2.05, 4.69) is 39.1 Å². The van der Waals surface area contributed by atoms with Crippen molar-refractivity contribution in [2.45, 2.75) is 33.8 Å². The average molecular weight is 293 g/mol. The Bertz CT molecular complexity index is 501. The first kappa shape index (κ1) is 15.3. The fourth-order valence-corrected chi connectivity index (χ4v) is 3.45. The molecular weight excluding hydrogens is 270 g/mol. The second-order valence-electron chi connectivity index (χ2n) is 6.39. The summed E-state index contributed by atoms with van der Waals surface area (Å²) in [5, 5.41) is 16.7. The quantitative estimate of drug-likeness (QED) is 0.819. The van der Waals surface area contributed by atoms with Gasteiger partial charge in [0.15, 0.2) is 0 Å². The van der Waals surface area contributed by atoms with E-state index in [1.54, 1.807) is 11.3 Å². The van der Waals surface area contributed by atoms with Gasteiger partial charge in [-0.05, 0) is 47.6 Å². The maximum atomic E-state index is 12.2. The first-order valence-electron chi connectivity index (χ1n) is 6.97. The minimum absolute atomic E-state index is 0.0204. The summed E-state index contributed by atoms with van der Waals surface area (Å²) in [6.45, 7) is 8.64. The van der Waals surface area contributed by atoms with Gasteiger partial charge in [0.25, 0.3) is 0 Å². The number of aliphatic hydroxyl groups is 1. The molecule has 20 heavy (non-hydrogen) atoms. The summed E-state index contributed by atoms with van der Waals surface area (Å²) in [7, 11) is 0. The average Bonchev–Trinajstić information content (AvgIpc) is 2.79. The molecule has 3 nitrogen and oxygen atoms in total. The molecular formula is C16H23NO2S. The molecule has 0 spiro atoms. The molecule has 0 radical (unpaired) electrons. The zero-order chi connectivity index (χ0) is 14.9. The topological polar surface area (TPSA) is 49.3 Å². The third-order valence-corrected chi connectivity index (χ3v) is 4.81. The maximum absolute atomic E-state index is 12.2. The lowest BCUT2D eigenvalue weighted by Gasteiger charge is -2.11. The van der Waals surface area contributed by atoms with E-state index in [1.807, 2.05) is 16.8 Å². The van der Waals surface area contributed by atoms with Crippen LogP contribution in [-0.4, -0.2) is 17.6 Å². The molecule has 1 aromatic rings. The number of carbonyl (C=O) groups excluding carboxylic acids is 1. The van der Waals surface area contributed by atoms with Gasteiger partial charge in [-0.15, -0.1) is 0 Å². The van der Waals surface area contributed by atoms with Crippen LogP contribution in [0.3, 0.4) is 0 Å². The van der Waals surface area contributed by atoms with Crippen LogP contribution in [0.25, 0.3) is 0 Å². The minimum atomic E-state index is -0.617. The SMILES string of the molecule is CC(C)=CC1C(C(=O)NCC(O)c2ccsc2)C1(C)C. The number of carbonyl (C=O) groups is 1. The predicted octanol–water partition coefficient (Wildman–Crippen LogP) is 3.14. The monoisotopic (exact) mass is 293 g/mol. The first-order valence-corrected chi connectivity index (χ1v) is 7.91. The van der Waals surface area contributed by atoms with Crippen molar-refractivity contribution in [2.75, 3.05) is 6.54 Å². The highest BCUT2D eigenvalue weighted by atomic mass is 32.1. The summed E-state index contributed by atoms with van der Waals surface area (Å²) in [5.74, 6) is 0.379. The van der Waals surface area contributed by atoms with Gasteiger partial charge in [0.1, 0.15) is 0 Å². The molecule has 2 N–H and O–H groups in total. The Balaban J connectivity index is 1.89. The fraction of sp³-hybridized carbons (Fsp3) is 0.562. The second kappa shape index (κ2) is 5.70. The standard InChI is InChI=1S/C16H23NO2S/c1-10(2)7-12-14(16(12,3)4)15(19)17-8-13(18)11-5-6-20-9-11/h5-7,9,12-14,18H,8H2,1-4H3,(H,17,19). The molecule has 0 saturated heterocycles. The van der Waals surface area contributed by atoms with Gasteiger partial charge in [0, 0.05) is 6.54 Å². The van der Waals surface area contributed by atoms with Crippen molar-refractivity contribution >= 4 is 17.2 Å². The van der Waals surface area contributed by atoms with Crippen LogP contribution in [0, 0.1) is 17.3 Å². The van der Waals surface area contributed by atoms with E-state index in [9.17, 15) is 9.90 Å². The van der Waals surface area contributed by atoms with Gasteiger partial charge in [-0.2, -0.15) is 11.3 Å². The van der Waals surface area contributed by atoms with Crippen molar-refractivity contribution in [1.29, 1.82) is 0 Å². The van der Waals surface area contributed by atoms with Gasteiger partial charge in [0.2, 0.25) is 5.91 Å². The van der Waals surface area contributed by atoms with Crippen molar-refractivity contribution in [1.82, 2.24) is 5.32 Å². The van der Waals surface area contributed by atoms with Crippen LogP contribution in [-0.2, 0) is 4.79 Å². The van der Waals surface area contributed by atoms with E-state index >= 15 is 0 Å². The number of aliphatic hydroxyl groups excluding tert-OH is 1. The Labute approximate surface area is 124 Å². The summed E-state index contributed by atoms with van der Waals surface area (Å²) in [5.41, 5.74) is 2.14. The molecule has 2 rings (SSSR count). The van der Waals surface area contributed by atoms with E-state index in [1.165, 1.54) is 5.57 Å². The largest absolute Gasteiger partial charge is 0.387 e. The van der Waals surface area contributed by atoms with Crippen LogP contribution in [0.4, 0.5) is 0 Å². The number of hydrogen-bond acceptors (Lipinski definition) is 3. The lowest BCUT2D eigenvalue weighted by atomic mass is 10.1. The van der Waals surface area contributed by atoms with Gasteiger partial charge in [-0.3, -0.25) is 4.79 Å². The van der Waals surface area contributed by atoms with Crippen LogP contribution < -0.4 is 5.32 Å². The molecule has 1 aliphatic rings. The Morgan fingerprint density at radius 2 is 2.25 bits per heavy atom. The summed E-state index contributed by atoms with van der Waals surface area (Å²) >= 11 is 1.55. The third kappa shape index (κ3) is 3.13. The van der Waals surface area contributed by atoms with Crippen LogP contribution in [0.15, 0.2) is 28.5 Å². The summed E-state index contributed by atoms with van der Waals surface area (Å²) in [6.07, 6.45) is 1.56. The van der Waals surface area contributed by atoms with Crippen LogP contribution in [0.5, 0.6) is 0 Å². The molecule has 1 aromatic heterocycles. The number of thiophene rings is 1. The number of allylic oxidation sites excluding steroid dienone is 2. The van der Waals surface area contributed by atoms with Crippen molar-refractivity contribution in [2.24, 2.45) is 17.3 Å². The van der Waals surface area contributed by atoms with Gasteiger partial charge >= 0.3 is 0 Å². The van der Waals surface area contributed by atoms with Crippen molar-refractivity contribution < 1.29 is 9.90 Å². The maximum Gasteiger partial charge on any atom is 0.224 e. The summed E-state index contributed by atoms with van der Waals surface area (Å²) in [4.78, 5) is 12.2. The predicted molar refractivity (Wildman–Crippen MR) is 82.5 cm³/mol. The highest BCUT2D eigenvalue weighted by Gasteiger charge is 2.60. The zero-order valence-corrected chi connectivity index (χ0v) is 13.3. The molecule has 3 unspecified atom stereocenters. The second-order valence-corrected chi connectivity index (χ2v) is 7.17. The molecule has 1 fully saturated rings. The Hall–Kier alpha value is -1.13. The Kier molecular flexibility index (Phi) is 4.35. The number of amides is 1. The van der Waals surface area contributed by atoms with Crippen molar-refractivity contribution in [3.8, 4) is 0 Å². The molecule has 1 saturated carbocycles. The minimum Gasteiger partial charge on any atom is -0.387 e. The van der Waals surface area contributed by atoms with Crippen molar-refractivity contribution in [3.63, 3.8) is 0 Å². The van der Waals surface area contributed by atoms with Crippen LogP contribution in [0.2, 0.25) is 0 Å². The summed E-state index contributed by atoms with van der Waals surface area (Å²) in [6, 6.07) is 1.88. The number of hydrogen-bond donors (Lipinski definition) is 2. The summed E-state index contributed by atoms with van der Waals surface area (Å²) < 4.78 is 0. The van der Waals surface area contributed by atoms with Gasteiger partial charge < -0.3 is 10.4 Å². The van der Waals surface area contributed by atoms with Crippen LogP contribution >= 0.6 is 11.3 Å². The molecule has 1 heterocycles. The van der Waals surface area contributed by atoms with Crippen molar-refractivity contribution in [3.05, 3.63) is 34.0 Å². The Morgan fingerprint density at radius 1 is 1.55 bits per heavy atom.